The Morgan fingerprint density at radius 2 is 1.85 bits per heavy atom. The Hall–Kier alpha value is -2.33. The molecule has 0 saturated carbocycles. The van der Waals surface area contributed by atoms with Crippen molar-refractivity contribution in [2.45, 2.75) is 38.8 Å². The van der Waals surface area contributed by atoms with E-state index in [2.05, 4.69) is 29.2 Å². The number of ether oxygens (including phenoxy) is 1. The Morgan fingerprint density at radius 3 is 2.58 bits per heavy atom. The van der Waals surface area contributed by atoms with Crippen molar-refractivity contribution in [3.8, 4) is 5.75 Å². The lowest BCUT2D eigenvalue weighted by Gasteiger charge is -2.32. The van der Waals surface area contributed by atoms with Crippen LogP contribution in [0.3, 0.4) is 0 Å². The van der Waals surface area contributed by atoms with E-state index in [1.807, 2.05) is 30.3 Å². The maximum atomic E-state index is 10.8. The van der Waals surface area contributed by atoms with Crippen molar-refractivity contribution in [1.29, 1.82) is 0 Å². The van der Waals surface area contributed by atoms with Crippen molar-refractivity contribution in [1.82, 2.24) is 4.90 Å². The van der Waals surface area contributed by atoms with Crippen LogP contribution in [0.25, 0.3) is 0 Å². The topological polar surface area (TPSA) is 49.8 Å². The van der Waals surface area contributed by atoms with Crippen molar-refractivity contribution < 1.29 is 14.6 Å². The van der Waals surface area contributed by atoms with Crippen LogP contribution in [0.15, 0.2) is 54.6 Å². The van der Waals surface area contributed by atoms with Crippen LogP contribution in [0.1, 0.15) is 36.8 Å². The van der Waals surface area contributed by atoms with Gasteiger partial charge in [-0.1, -0.05) is 42.5 Å². The van der Waals surface area contributed by atoms with E-state index >= 15 is 0 Å². The van der Waals surface area contributed by atoms with Gasteiger partial charge in [0.05, 0.1) is 0 Å². The van der Waals surface area contributed by atoms with Crippen LogP contribution in [-0.4, -0.2) is 29.1 Å². The van der Waals surface area contributed by atoms with Crippen LogP contribution in [0.5, 0.6) is 5.75 Å². The summed E-state index contributed by atoms with van der Waals surface area (Å²) in [6, 6.07) is 18.5. The molecule has 1 N–H and O–H groups in total. The van der Waals surface area contributed by atoms with E-state index in [4.69, 9.17) is 9.84 Å². The molecular formula is C22H27NO3. The van der Waals surface area contributed by atoms with Gasteiger partial charge in [-0.2, -0.15) is 0 Å². The zero-order valence-corrected chi connectivity index (χ0v) is 15.1. The Kier molecular flexibility index (Phi) is 6.67. The number of likely N-dealkylation sites (tertiary alicyclic amines) is 1. The average molecular weight is 353 g/mol. The van der Waals surface area contributed by atoms with Gasteiger partial charge in [0.15, 0.2) is 0 Å². The lowest BCUT2D eigenvalue weighted by Crippen LogP contribution is -2.35. The highest BCUT2D eigenvalue weighted by Crippen LogP contribution is 2.23. The van der Waals surface area contributed by atoms with Crippen molar-refractivity contribution in [2.75, 3.05) is 13.1 Å². The fraction of sp³-hybridized carbons (Fsp3) is 0.409. The van der Waals surface area contributed by atoms with E-state index in [0.29, 0.717) is 12.5 Å². The van der Waals surface area contributed by atoms with Crippen LogP contribution in [-0.2, 0) is 17.9 Å². The summed E-state index contributed by atoms with van der Waals surface area (Å²) in [5.74, 6) is 0.706. The third kappa shape index (κ3) is 5.88. The van der Waals surface area contributed by atoms with Gasteiger partial charge in [-0.3, -0.25) is 9.69 Å². The molecule has 4 nitrogen and oxygen atoms in total. The van der Waals surface area contributed by atoms with Gasteiger partial charge in [0.25, 0.3) is 0 Å². The van der Waals surface area contributed by atoms with Crippen molar-refractivity contribution >= 4 is 5.97 Å². The van der Waals surface area contributed by atoms with Gasteiger partial charge >= 0.3 is 5.97 Å². The highest BCUT2D eigenvalue weighted by atomic mass is 16.5. The molecule has 1 saturated heterocycles. The predicted molar refractivity (Wildman–Crippen MR) is 102 cm³/mol. The zero-order chi connectivity index (χ0) is 18.2. The van der Waals surface area contributed by atoms with Gasteiger partial charge in [-0.25, -0.2) is 0 Å². The molecule has 4 heteroatoms. The first-order valence-electron chi connectivity index (χ1n) is 9.39. The van der Waals surface area contributed by atoms with Crippen LogP contribution in [0.2, 0.25) is 0 Å². The number of rotatable bonds is 8. The van der Waals surface area contributed by atoms with Gasteiger partial charge in [-0.15, -0.1) is 0 Å². The largest absolute Gasteiger partial charge is 0.489 e. The van der Waals surface area contributed by atoms with Crippen molar-refractivity contribution in [3.63, 3.8) is 0 Å². The molecule has 2 aromatic rings. The first kappa shape index (κ1) is 18.5. The number of carboxylic acid groups (broad SMARTS) is 1. The van der Waals surface area contributed by atoms with E-state index in [9.17, 15) is 4.79 Å². The van der Waals surface area contributed by atoms with Crippen LogP contribution >= 0.6 is 0 Å². The number of nitrogens with zero attached hydrogens (tertiary/aromatic N) is 1. The van der Waals surface area contributed by atoms with Crippen molar-refractivity contribution in [2.24, 2.45) is 5.92 Å². The number of piperidine rings is 1. The van der Waals surface area contributed by atoms with Gasteiger partial charge in [-0.05, 0) is 55.0 Å². The first-order valence-corrected chi connectivity index (χ1v) is 9.39. The quantitative estimate of drug-likeness (QED) is 0.767. The lowest BCUT2D eigenvalue weighted by molar-refractivity contribution is -0.137. The second kappa shape index (κ2) is 9.39. The zero-order valence-electron chi connectivity index (χ0n) is 15.1. The number of benzene rings is 2. The molecule has 1 aliphatic heterocycles. The summed E-state index contributed by atoms with van der Waals surface area (Å²) < 4.78 is 5.84. The standard InChI is InChI=1S/C22H27NO3/c24-22(25)13-10-18-7-4-14-23(15-18)16-19-8-11-21(12-9-19)26-17-20-5-2-1-3-6-20/h1-3,5-6,8-9,11-12,18H,4,7,10,13-17H2,(H,24,25). The SMILES string of the molecule is O=C(O)CCC1CCCN(Cc2ccc(OCc3ccccc3)cc2)C1. The summed E-state index contributed by atoms with van der Waals surface area (Å²) in [7, 11) is 0. The molecule has 1 fully saturated rings. The monoisotopic (exact) mass is 353 g/mol. The van der Waals surface area contributed by atoms with E-state index < -0.39 is 5.97 Å². The molecule has 0 amide bonds. The summed E-state index contributed by atoms with van der Waals surface area (Å²) in [4.78, 5) is 13.2. The lowest BCUT2D eigenvalue weighted by atomic mass is 9.93. The van der Waals surface area contributed by atoms with Gasteiger partial charge in [0.1, 0.15) is 12.4 Å². The summed E-state index contributed by atoms with van der Waals surface area (Å²) in [5.41, 5.74) is 2.44. The molecule has 2 aromatic carbocycles. The van der Waals surface area contributed by atoms with E-state index in [1.165, 1.54) is 5.56 Å². The molecule has 3 rings (SSSR count). The van der Waals surface area contributed by atoms with E-state index in [-0.39, 0.29) is 6.42 Å². The van der Waals surface area contributed by atoms with E-state index in [1.54, 1.807) is 0 Å². The molecule has 0 bridgehead atoms. The van der Waals surface area contributed by atoms with E-state index in [0.717, 1.165) is 50.2 Å². The molecular weight excluding hydrogens is 326 g/mol. The summed E-state index contributed by atoms with van der Waals surface area (Å²) in [6.07, 6.45) is 3.38. The molecule has 0 spiro atoms. The second-order valence-electron chi connectivity index (χ2n) is 7.09. The number of hydrogen-bond donors (Lipinski definition) is 1. The minimum Gasteiger partial charge on any atom is -0.489 e. The molecule has 0 aliphatic carbocycles. The summed E-state index contributed by atoms with van der Waals surface area (Å²) in [5, 5.41) is 8.86. The number of carboxylic acids is 1. The minimum atomic E-state index is -0.687. The predicted octanol–water partition coefficient (Wildman–Crippen LogP) is 4.34. The van der Waals surface area contributed by atoms with Gasteiger partial charge in [0, 0.05) is 19.5 Å². The summed E-state index contributed by atoms with van der Waals surface area (Å²) in [6.45, 7) is 3.59. The highest BCUT2D eigenvalue weighted by Gasteiger charge is 2.20. The molecule has 1 unspecified atom stereocenters. The van der Waals surface area contributed by atoms with Gasteiger partial charge < -0.3 is 9.84 Å². The third-order valence-electron chi connectivity index (χ3n) is 4.95. The smallest absolute Gasteiger partial charge is 0.303 e. The first-order chi connectivity index (χ1) is 12.7. The number of hydrogen-bond acceptors (Lipinski definition) is 3. The van der Waals surface area contributed by atoms with Crippen molar-refractivity contribution in [3.05, 3.63) is 65.7 Å². The second-order valence-corrected chi connectivity index (χ2v) is 7.09. The minimum absolute atomic E-state index is 0.284. The Balaban J connectivity index is 1.47. The normalized spacial score (nSPS) is 17.8. The average Bonchev–Trinajstić information content (AvgIpc) is 2.67. The van der Waals surface area contributed by atoms with Crippen LogP contribution in [0, 0.1) is 5.92 Å². The molecule has 0 radical (unpaired) electrons. The summed E-state index contributed by atoms with van der Waals surface area (Å²) >= 11 is 0. The fourth-order valence-corrected chi connectivity index (χ4v) is 3.55. The molecule has 1 heterocycles. The fourth-order valence-electron chi connectivity index (χ4n) is 3.55. The number of carbonyl (C=O) groups is 1. The Morgan fingerprint density at radius 1 is 1.08 bits per heavy atom. The van der Waals surface area contributed by atoms with Gasteiger partial charge in [0.2, 0.25) is 0 Å². The van der Waals surface area contributed by atoms with Crippen LogP contribution in [0.4, 0.5) is 0 Å². The molecule has 26 heavy (non-hydrogen) atoms. The Bertz CT molecular complexity index is 684. The maximum Gasteiger partial charge on any atom is 0.303 e. The molecule has 138 valence electrons. The molecule has 0 aromatic heterocycles. The molecule has 1 atom stereocenters. The molecule has 1 aliphatic rings. The van der Waals surface area contributed by atoms with Crippen LogP contribution < -0.4 is 4.74 Å². The maximum absolute atomic E-state index is 10.8. The third-order valence-corrected chi connectivity index (χ3v) is 4.95. The number of aliphatic carboxylic acids is 1. The highest BCUT2D eigenvalue weighted by molar-refractivity contribution is 5.66. The Labute approximate surface area is 155 Å².